The Balaban J connectivity index is 1.28. The van der Waals surface area contributed by atoms with Crippen LogP contribution in [0.15, 0.2) is 54.6 Å². The average Bonchev–Trinajstić information content (AvgIpc) is 3.23. The van der Waals surface area contributed by atoms with Crippen molar-refractivity contribution < 1.29 is 4.79 Å². The minimum Gasteiger partial charge on any atom is -0.356 e. The third kappa shape index (κ3) is 4.86. The van der Waals surface area contributed by atoms with Crippen LogP contribution in [0.25, 0.3) is 16.6 Å². The van der Waals surface area contributed by atoms with Crippen LogP contribution in [0, 0.1) is 19.8 Å². The third-order valence-electron chi connectivity index (χ3n) is 6.78. The SMILES string of the molecule is Cc1nnc(N2CCC(C(=O)NCCc3ccccc3)CC2)c2nn(-c3ccc(Cl)cc3)c(C)c12. The summed E-state index contributed by atoms with van der Waals surface area (Å²) in [6.45, 7) is 6.17. The highest BCUT2D eigenvalue weighted by molar-refractivity contribution is 6.30. The van der Waals surface area contributed by atoms with E-state index in [0.717, 1.165) is 66.1 Å². The van der Waals surface area contributed by atoms with E-state index >= 15 is 0 Å². The summed E-state index contributed by atoms with van der Waals surface area (Å²) >= 11 is 6.07. The molecule has 1 amide bonds. The van der Waals surface area contributed by atoms with Gasteiger partial charge in [-0.2, -0.15) is 10.2 Å². The standard InChI is InChI=1S/C27H29ClN6O/c1-18-24-19(2)34(23-10-8-22(28)9-11-23)32-25(24)26(31-30-18)33-16-13-21(14-17-33)27(35)29-15-12-20-6-4-3-5-7-20/h3-11,21H,12-17H2,1-2H3,(H,29,35). The smallest absolute Gasteiger partial charge is 0.223 e. The van der Waals surface area contributed by atoms with Crippen molar-refractivity contribution in [2.75, 3.05) is 24.5 Å². The van der Waals surface area contributed by atoms with E-state index in [2.05, 4.69) is 39.5 Å². The number of rotatable bonds is 6. The van der Waals surface area contributed by atoms with Gasteiger partial charge in [-0.3, -0.25) is 4.79 Å². The second-order valence-electron chi connectivity index (χ2n) is 9.09. The van der Waals surface area contributed by atoms with Crippen LogP contribution in [-0.4, -0.2) is 45.5 Å². The molecular formula is C27H29ClN6O. The normalized spacial score (nSPS) is 14.4. The Morgan fingerprint density at radius 3 is 2.46 bits per heavy atom. The molecule has 0 bridgehead atoms. The summed E-state index contributed by atoms with van der Waals surface area (Å²) in [7, 11) is 0. The van der Waals surface area contributed by atoms with Crippen LogP contribution in [0.3, 0.4) is 0 Å². The number of carbonyl (C=O) groups excluding carboxylic acids is 1. The molecule has 1 aliphatic heterocycles. The van der Waals surface area contributed by atoms with E-state index in [1.165, 1.54) is 5.56 Å². The molecular weight excluding hydrogens is 460 g/mol. The average molecular weight is 489 g/mol. The summed E-state index contributed by atoms with van der Waals surface area (Å²) in [5.74, 6) is 0.942. The number of nitrogens with zero attached hydrogens (tertiary/aromatic N) is 5. The summed E-state index contributed by atoms with van der Waals surface area (Å²) in [6, 6.07) is 17.9. The third-order valence-corrected chi connectivity index (χ3v) is 7.03. The molecule has 180 valence electrons. The zero-order valence-corrected chi connectivity index (χ0v) is 20.8. The molecule has 1 N–H and O–H groups in total. The molecule has 4 aromatic rings. The van der Waals surface area contributed by atoms with E-state index in [1.54, 1.807) is 0 Å². The molecule has 35 heavy (non-hydrogen) atoms. The maximum absolute atomic E-state index is 12.7. The number of aryl methyl sites for hydroxylation is 2. The van der Waals surface area contributed by atoms with E-state index in [9.17, 15) is 4.79 Å². The zero-order chi connectivity index (χ0) is 24.4. The molecule has 0 unspecified atom stereocenters. The van der Waals surface area contributed by atoms with E-state index in [0.29, 0.717) is 11.6 Å². The van der Waals surface area contributed by atoms with Gasteiger partial charge in [-0.15, -0.1) is 5.10 Å². The highest BCUT2D eigenvalue weighted by atomic mass is 35.5. The molecule has 2 aromatic carbocycles. The fraction of sp³-hybridized carbons (Fsp3) is 0.333. The second-order valence-corrected chi connectivity index (χ2v) is 9.53. The summed E-state index contributed by atoms with van der Waals surface area (Å²) in [5.41, 5.74) is 4.89. The first-order valence-electron chi connectivity index (χ1n) is 12.1. The lowest BCUT2D eigenvalue weighted by Crippen LogP contribution is -2.41. The Morgan fingerprint density at radius 2 is 1.74 bits per heavy atom. The molecule has 0 atom stereocenters. The van der Waals surface area contributed by atoms with Gasteiger partial charge >= 0.3 is 0 Å². The Labute approximate surface area is 210 Å². The fourth-order valence-corrected chi connectivity index (χ4v) is 4.96. The number of fused-ring (bicyclic) bond motifs is 1. The van der Waals surface area contributed by atoms with Crippen molar-refractivity contribution in [3.63, 3.8) is 0 Å². The molecule has 0 spiro atoms. The molecule has 2 aromatic heterocycles. The lowest BCUT2D eigenvalue weighted by molar-refractivity contribution is -0.125. The van der Waals surface area contributed by atoms with E-state index in [4.69, 9.17) is 16.7 Å². The van der Waals surface area contributed by atoms with Crippen LogP contribution in [-0.2, 0) is 11.2 Å². The molecule has 7 nitrogen and oxygen atoms in total. The van der Waals surface area contributed by atoms with Gasteiger partial charge < -0.3 is 10.2 Å². The molecule has 8 heteroatoms. The van der Waals surface area contributed by atoms with E-state index in [1.807, 2.05) is 54.1 Å². The van der Waals surface area contributed by atoms with Gasteiger partial charge in [0.25, 0.3) is 0 Å². The van der Waals surface area contributed by atoms with Crippen molar-refractivity contribution in [1.82, 2.24) is 25.3 Å². The van der Waals surface area contributed by atoms with Crippen molar-refractivity contribution in [2.45, 2.75) is 33.1 Å². The molecule has 5 rings (SSSR count). The van der Waals surface area contributed by atoms with Gasteiger partial charge in [0.2, 0.25) is 5.91 Å². The van der Waals surface area contributed by atoms with Crippen LogP contribution in [0.4, 0.5) is 5.82 Å². The Hall–Kier alpha value is -3.45. The van der Waals surface area contributed by atoms with Crippen LogP contribution >= 0.6 is 11.6 Å². The maximum Gasteiger partial charge on any atom is 0.223 e. The van der Waals surface area contributed by atoms with Gasteiger partial charge in [-0.25, -0.2) is 4.68 Å². The number of hydrogen-bond acceptors (Lipinski definition) is 5. The summed E-state index contributed by atoms with van der Waals surface area (Å²) in [6.07, 6.45) is 2.41. The van der Waals surface area contributed by atoms with E-state index < -0.39 is 0 Å². The Bertz CT molecular complexity index is 1330. The molecule has 0 aliphatic carbocycles. The number of halogens is 1. The lowest BCUT2D eigenvalue weighted by atomic mass is 9.95. The molecule has 1 fully saturated rings. The molecule has 1 aliphatic rings. The quantitative estimate of drug-likeness (QED) is 0.427. The predicted molar refractivity (Wildman–Crippen MR) is 139 cm³/mol. The maximum atomic E-state index is 12.7. The van der Waals surface area contributed by atoms with Gasteiger partial charge in [-0.05, 0) is 62.9 Å². The number of nitrogens with one attached hydrogen (secondary N) is 1. The van der Waals surface area contributed by atoms with Crippen LogP contribution < -0.4 is 10.2 Å². The molecule has 1 saturated heterocycles. The lowest BCUT2D eigenvalue weighted by Gasteiger charge is -2.32. The summed E-state index contributed by atoms with van der Waals surface area (Å²) in [4.78, 5) is 14.9. The first-order valence-corrected chi connectivity index (χ1v) is 12.4. The second kappa shape index (κ2) is 10.0. The monoisotopic (exact) mass is 488 g/mol. The predicted octanol–water partition coefficient (Wildman–Crippen LogP) is 4.66. The van der Waals surface area contributed by atoms with Crippen LogP contribution in [0.1, 0.15) is 29.8 Å². The van der Waals surface area contributed by atoms with Crippen LogP contribution in [0.5, 0.6) is 0 Å². The highest BCUT2D eigenvalue weighted by Gasteiger charge is 2.28. The minimum absolute atomic E-state index is 0.0179. The van der Waals surface area contributed by atoms with Crippen molar-refractivity contribution in [1.29, 1.82) is 0 Å². The fourth-order valence-electron chi connectivity index (χ4n) is 4.83. The first-order chi connectivity index (χ1) is 17.0. The summed E-state index contributed by atoms with van der Waals surface area (Å²) in [5, 5.41) is 18.7. The summed E-state index contributed by atoms with van der Waals surface area (Å²) < 4.78 is 1.92. The van der Waals surface area contributed by atoms with Crippen molar-refractivity contribution in [2.24, 2.45) is 5.92 Å². The van der Waals surface area contributed by atoms with Gasteiger partial charge in [0.15, 0.2) is 5.82 Å². The Morgan fingerprint density at radius 1 is 1.03 bits per heavy atom. The molecule has 0 radical (unpaired) electrons. The van der Waals surface area contributed by atoms with Gasteiger partial charge in [0.1, 0.15) is 5.52 Å². The first kappa shape index (κ1) is 23.3. The largest absolute Gasteiger partial charge is 0.356 e. The minimum atomic E-state index is 0.0179. The van der Waals surface area contributed by atoms with Gasteiger partial charge in [0.05, 0.1) is 22.5 Å². The molecule has 0 saturated carbocycles. The van der Waals surface area contributed by atoms with Crippen molar-refractivity contribution >= 4 is 34.2 Å². The van der Waals surface area contributed by atoms with Crippen molar-refractivity contribution in [3.05, 3.63) is 76.6 Å². The Kier molecular flexibility index (Phi) is 6.68. The molecule has 3 heterocycles. The number of hydrogen-bond donors (Lipinski definition) is 1. The highest BCUT2D eigenvalue weighted by Crippen LogP contribution is 2.31. The number of carbonyl (C=O) groups is 1. The van der Waals surface area contributed by atoms with Crippen molar-refractivity contribution in [3.8, 4) is 5.69 Å². The van der Waals surface area contributed by atoms with Crippen LogP contribution in [0.2, 0.25) is 5.02 Å². The number of aromatic nitrogens is 4. The van der Waals surface area contributed by atoms with E-state index in [-0.39, 0.29) is 11.8 Å². The number of benzene rings is 2. The van der Waals surface area contributed by atoms with Gasteiger partial charge in [0, 0.05) is 30.6 Å². The number of anilines is 1. The number of amides is 1. The number of piperidine rings is 1. The topological polar surface area (TPSA) is 75.9 Å². The zero-order valence-electron chi connectivity index (χ0n) is 20.0. The van der Waals surface area contributed by atoms with Gasteiger partial charge in [-0.1, -0.05) is 41.9 Å².